The van der Waals surface area contributed by atoms with Gasteiger partial charge in [0, 0.05) is 52.7 Å². The van der Waals surface area contributed by atoms with Crippen molar-refractivity contribution in [3.05, 3.63) is 35.9 Å². The Balaban J connectivity index is 2.90. The quantitative estimate of drug-likeness (QED) is 0.219. The molecule has 1 aromatic carbocycles. The van der Waals surface area contributed by atoms with E-state index >= 15 is 0 Å². The summed E-state index contributed by atoms with van der Waals surface area (Å²) in [5.41, 5.74) is 0.552. The Labute approximate surface area is 371 Å². The van der Waals surface area contributed by atoms with Gasteiger partial charge in [0.25, 0.3) is 5.91 Å². The minimum atomic E-state index is -4.98. The van der Waals surface area contributed by atoms with Gasteiger partial charge in [-0.05, 0) is 49.5 Å². The number of esters is 1. The van der Waals surface area contributed by atoms with Crippen LogP contribution in [0.3, 0.4) is 0 Å². The molecule has 0 radical (unpaired) electrons. The topological polar surface area (TPSA) is 186 Å². The highest BCUT2D eigenvalue weighted by molar-refractivity contribution is 5.97. The lowest BCUT2D eigenvalue weighted by Crippen LogP contribution is -2.58. The molecule has 0 bridgehead atoms. The van der Waals surface area contributed by atoms with Crippen LogP contribution in [0.25, 0.3) is 0 Å². The molecule has 0 saturated carbocycles. The lowest BCUT2D eigenvalue weighted by atomic mass is 9.86. The third-order valence-corrected chi connectivity index (χ3v) is 11.5. The fourth-order valence-electron chi connectivity index (χ4n) is 7.79. The van der Waals surface area contributed by atoms with E-state index in [0.717, 1.165) is 24.8 Å². The summed E-state index contributed by atoms with van der Waals surface area (Å²) in [6, 6.07) is 2.75. The molecular weight excluding hydrogens is 822 g/mol. The van der Waals surface area contributed by atoms with Crippen LogP contribution in [-0.2, 0) is 44.7 Å². The van der Waals surface area contributed by atoms with Crippen LogP contribution in [0.1, 0.15) is 118 Å². The third-order valence-electron chi connectivity index (χ3n) is 11.5. The standard InChI is InChI=1S/C46H69F3N6O8/c1-11-12-17-30(6)24-34-43(60)54(9)36(23-29(4)5)38(56)26-33(22-28(2)3)42(59)55(10)37(25-32-18-14-13-15-19-32)40(57)52-35(27-46(47,48)49)44(61)53(8)31(7)45(62)63-39(20-16-21-50)41(58)51-34/h13-15,18-19,28-31,33-37,39H,11-12,16-17,20,22-27H2,1-10H3,(H,51,58)(H,52,57)/t30-,31+,33-,34+,35?,36+,37+,39-/m1/s1. The summed E-state index contributed by atoms with van der Waals surface area (Å²) < 4.78 is 48.0. The van der Waals surface area contributed by atoms with Gasteiger partial charge in [0.05, 0.1) is 18.5 Å². The fourth-order valence-corrected chi connectivity index (χ4v) is 7.79. The Morgan fingerprint density at radius 1 is 0.794 bits per heavy atom. The van der Waals surface area contributed by atoms with Crippen LogP contribution >= 0.6 is 0 Å². The number of hydrogen-bond acceptors (Lipinski definition) is 9. The van der Waals surface area contributed by atoms with Crippen LogP contribution in [0.4, 0.5) is 13.2 Å². The molecule has 1 saturated heterocycles. The molecule has 1 aliphatic heterocycles. The predicted octanol–water partition coefficient (Wildman–Crippen LogP) is 5.77. The molecular formula is C46H69F3N6O8. The van der Waals surface area contributed by atoms with Crippen molar-refractivity contribution in [1.29, 1.82) is 5.26 Å². The van der Waals surface area contributed by atoms with E-state index in [9.17, 15) is 52.0 Å². The molecule has 63 heavy (non-hydrogen) atoms. The second kappa shape index (κ2) is 25.3. The number of unbranched alkanes of at least 4 members (excludes halogenated alkanes) is 1. The van der Waals surface area contributed by atoms with Gasteiger partial charge in [-0.1, -0.05) is 91.1 Å². The van der Waals surface area contributed by atoms with Crippen molar-refractivity contribution < 1.29 is 51.5 Å². The monoisotopic (exact) mass is 891 g/mol. The summed E-state index contributed by atoms with van der Waals surface area (Å²) >= 11 is 0. The molecule has 1 aromatic rings. The lowest BCUT2D eigenvalue weighted by molar-refractivity contribution is -0.166. The number of nitrogens with zero attached hydrogens (tertiary/aromatic N) is 4. The minimum absolute atomic E-state index is 0.0884. The summed E-state index contributed by atoms with van der Waals surface area (Å²) in [6.07, 6.45) is -6.59. The van der Waals surface area contributed by atoms with E-state index in [4.69, 9.17) is 4.74 Å². The zero-order valence-corrected chi connectivity index (χ0v) is 38.6. The van der Waals surface area contributed by atoms with Gasteiger partial charge in [-0.2, -0.15) is 18.4 Å². The first-order valence-electron chi connectivity index (χ1n) is 22.0. The summed E-state index contributed by atoms with van der Waals surface area (Å²) in [4.78, 5) is 103. The molecule has 1 fully saturated rings. The maximum absolute atomic E-state index is 14.6. The van der Waals surface area contributed by atoms with Gasteiger partial charge in [0.15, 0.2) is 11.9 Å². The van der Waals surface area contributed by atoms with Gasteiger partial charge >= 0.3 is 12.1 Å². The maximum Gasteiger partial charge on any atom is 0.391 e. The van der Waals surface area contributed by atoms with E-state index in [-0.39, 0.29) is 62.7 Å². The van der Waals surface area contributed by atoms with Crippen LogP contribution in [0.15, 0.2) is 30.3 Å². The minimum Gasteiger partial charge on any atom is -0.451 e. The zero-order chi connectivity index (χ0) is 47.8. The highest BCUT2D eigenvalue weighted by atomic mass is 19.4. The normalized spacial score (nSPS) is 25.1. The molecule has 14 nitrogen and oxygen atoms in total. The number of hydrogen-bond donors (Lipinski definition) is 2. The first-order chi connectivity index (χ1) is 29.4. The number of carbonyl (C=O) groups is 7. The number of benzene rings is 1. The van der Waals surface area contributed by atoms with E-state index in [1.54, 1.807) is 30.3 Å². The lowest BCUT2D eigenvalue weighted by Gasteiger charge is -2.35. The molecule has 0 aromatic heterocycles. The van der Waals surface area contributed by atoms with E-state index in [1.165, 1.54) is 25.9 Å². The number of Topliss-reactive ketones (excluding diaryl/α,β-unsaturated/α-hetero) is 1. The zero-order valence-electron chi connectivity index (χ0n) is 38.6. The maximum atomic E-state index is 14.6. The second-order valence-electron chi connectivity index (χ2n) is 17.9. The molecule has 0 spiro atoms. The summed E-state index contributed by atoms with van der Waals surface area (Å²) in [5.74, 6) is -7.55. The van der Waals surface area contributed by atoms with Gasteiger partial charge in [-0.15, -0.1) is 0 Å². The van der Waals surface area contributed by atoms with Crippen molar-refractivity contribution in [2.24, 2.45) is 23.7 Å². The van der Waals surface area contributed by atoms with Gasteiger partial charge < -0.3 is 30.1 Å². The molecule has 17 heteroatoms. The van der Waals surface area contributed by atoms with Crippen molar-refractivity contribution in [1.82, 2.24) is 25.3 Å². The molecule has 352 valence electrons. The number of nitriles is 1. The summed E-state index contributed by atoms with van der Waals surface area (Å²) in [6.45, 7) is 12.6. The average Bonchev–Trinajstić information content (AvgIpc) is 3.21. The van der Waals surface area contributed by atoms with Crippen molar-refractivity contribution in [3.63, 3.8) is 0 Å². The highest BCUT2D eigenvalue weighted by Gasteiger charge is 2.43. The van der Waals surface area contributed by atoms with Crippen LogP contribution in [0.2, 0.25) is 0 Å². The SMILES string of the molecule is CCCC[C@@H](C)C[C@@H]1NC(=O)[C@@H](CCC#N)OC(=O)[C@H](C)N(C)C(=O)C(CC(F)(F)F)NC(=O)[C@H](Cc2ccccc2)N(C)C(=O)[C@H](CC(C)C)CC(=O)[C@H](CC(C)C)N(C)C1=O. The molecule has 8 atom stereocenters. The van der Waals surface area contributed by atoms with Gasteiger partial charge in [-0.25, -0.2) is 4.79 Å². The van der Waals surface area contributed by atoms with Crippen molar-refractivity contribution >= 4 is 41.3 Å². The number of nitrogens with one attached hydrogen (secondary N) is 2. The van der Waals surface area contributed by atoms with E-state index in [0.29, 0.717) is 16.9 Å². The number of amides is 5. The number of rotatable bonds is 14. The molecule has 5 amide bonds. The molecule has 1 heterocycles. The van der Waals surface area contributed by atoms with Crippen LogP contribution in [0, 0.1) is 35.0 Å². The number of ketones is 1. The van der Waals surface area contributed by atoms with Gasteiger partial charge in [0.1, 0.15) is 24.2 Å². The number of alkyl halides is 3. The van der Waals surface area contributed by atoms with Crippen molar-refractivity contribution in [2.75, 3.05) is 21.1 Å². The van der Waals surface area contributed by atoms with Crippen molar-refractivity contribution in [2.45, 2.75) is 162 Å². The fraction of sp³-hybridized carbons (Fsp3) is 0.696. The Hall–Kier alpha value is -5.01. The largest absolute Gasteiger partial charge is 0.451 e. The number of carbonyl (C=O) groups excluding carboxylic acids is 7. The second-order valence-corrected chi connectivity index (χ2v) is 17.9. The predicted molar refractivity (Wildman–Crippen MR) is 230 cm³/mol. The highest BCUT2D eigenvalue weighted by Crippen LogP contribution is 2.27. The van der Waals surface area contributed by atoms with E-state index in [1.807, 2.05) is 47.6 Å². The van der Waals surface area contributed by atoms with Crippen LogP contribution in [-0.4, -0.2) is 120 Å². The summed E-state index contributed by atoms with van der Waals surface area (Å²) in [7, 11) is 3.83. The first kappa shape index (κ1) is 54.1. The van der Waals surface area contributed by atoms with Crippen LogP contribution < -0.4 is 10.6 Å². The number of ether oxygens (including phenoxy) is 1. The van der Waals surface area contributed by atoms with E-state index < -0.39 is 96.1 Å². The smallest absolute Gasteiger partial charge is 0.391 e. The molecule has 1 unspecified atom stereocenters. The number of cyclic esters (lactones) is 1. The Kier molecular flexibility index (Phi) is 21.8. The number of likely N-dealkylation sites (N-methyl/N-ethyl adjacent to an activating group) is 3. The summed E-state index contributed by atoms with van der Waals surface area (Å²) in [5, 5.41) is 14.3. The molecule has 1 aliphatic rings. The van der Waals surface area contributed by atoms with Gasteiger partial charge in [0.2, 0.25) is 23.6 Å². The Morgan fingerprint density at radius 3 is 1.92 bits per heavy atom. The van der Waals surface area contributed by atoms with E-state index in [2.05, 4.69) is 10.6 Å². The number of halogens is 3. The van der Waals surface area contributed by atoms with Gasteiger partial charge in [-0.3, -0.25) is 28.8 Å². The third kappa shape index (κ3) is 17.2. The Morgan fingerprint density at radius 2 is 1.37 bits per heavy atom. The molecule has 2 rings (SSSR count). The molecule has 0 aliphatic carbocycles. The average molecular weight is 891 g/mol. The Bertz CT molecular complexity index is 1750. The van der Waals surface area contributed by atoms with Crippen LogP contribution in [0.5, 0.6) is 0 Å². The van der Waals surface area contributed by atoms with Crippen molar-refractivity contribution in [3.8, 4) is 6.07 Å². The first-order valence-corrected chi connectivity index (χ1v) is 22.0. The molecule has 2 N–H and O–H groups in total.